The SMILES string of the molecule is CCOc1ccccc1OC1CCN(C(=O)c2cccc(S(=O)(=O)Nc3ccc(C)cc3)c2)CC1. The van der Waals surface area contributed by atoms with Crippen LogP contribution in [0.3, 0.4) is 0 Å². The highest BCUT2D eigenvalue weighted by Gasteiger charge is 2.26. The Morgan fingerprint density at radius 3 is 2.34 bits per heavy atom. The van der Waals surface area contributed by atoms with Crippen molar-refractivity contribution in [1.29, 1.82) is 0 Å². The quantitative estimate of drug-likeness (QED) is 0.483. The number of benzene rings is 3. The smallest absolute Gasteiger partial charge is 0.261 e. The molecule has 1 heterocycles. The Morgan fingerprint density at radius 1 is 0.971 bits per heavy atom. The molecule has 184 valence electrons. The van der Waals surface area contributed by atoms with Gasteiger partial charge < -0.3 is 14.4 Å². The molecule has 0 radical (unpaired) electrons. The predicted octanol–water partition coefficient (Wildman–Crippen LogP) is 4.88. The Hall–Kier alpha value is -3.52. The van der Waals surface area contributed by atoms with Crippen LogP contribution in [0.2, 0.25) is 0 Å². The number of aryl methyl sites for hydroxylation is 1. The summed E-state index contributed by atoms with van der Waals surface area (Å²) in [5.74, 6) is 1.23. The van der Waals surface area contributed by atoms with Gasteiger partial charge in [-0.3, -0.25) is 9.52 Å². The van der Waals surface area contributed by atoms with E-state index in [1.54, 1.807) is 29.2 Å². The monoisotopic (exact) mass is 494 g/mol. The third-order valence-electron chi connectivity index (χ3n) is 5.87. The first-order valence-electron chi connectivity index (χ1n) is 11.7. The van der Waals surface area contributed by atoms with Gasteiger partial charge in [0.1, 0.15) is 6.10 Å². The van der Waals surface area contributed by atoms with Crippen molar-refractivity contribution in [2.24, 2.45) is 0 Å². The molecular formula is C27H30N2O5S. The number of carbonyl (C=O) groups is 1. The number of amides is 1. The molecule has 0 bridgehead atoms. The number of rotatable bonds is 8. The number of likely N-dealkylation sites (tertiary alicyclic amines) is 1. The fourth-order valence-corrected chi connectivity index (χ4v) is 5.10. The van der Waals surface area contributed by atoms with Crippen molar-refractivity contribution >= 4 is 21.6 Å². The number of piperidine rings is 1. The molecule has 1 amide bonds. The van der Waals surface area contributed by atoms with Crippen LogP contribution in [0.25, 0.3) is 0 Å². The van der Waals surface area contributed by atoms with Crippen molar-refractivity contribution in [3.8, 4) is 11.5 Å². The van der Waals surface area contributed by atoms with Gasteiger partial charge >= 0.3 is 0 Å². The van der Waals surface area contributed by atoms with E-state index in [-0.39, 0.29) is 16.9 Å². The van der Waals surface area contributed by atoms with E-state index < -0.39 is 10.0 Å². The van der Waals surface area contributed by atoms with Crippen LogP contribution in [0.5, 0.6) is 11.5 Å². The summed E-state index contributed by atoms with van der Waals surface area (Å²) in [6.07, 6.45) is 1.34. The summed E-state index contributed by atoms with van der Waals surface area (Å²) >= 11 is 0. The first kappa shape index (κ1) is 24.6. The molecule has 3 aromatic rings. The number of para-hydroxylation sites is 2. The molecule has 1 aliphatic heterocycles. The Balaban J connectivity index is 1.39. The van der Waals surface area contributed by atoms with Crippen molar-refractivity contribution in [3.05, 3.63) is 83.9 Å². The van der Waals surface area contributed by atoms with E-state index in [0.29, 0.717) is 55.3 Å². The topological polar surface area (TPSA) is 84.9 Å². The molecule has 0 aliphatic carbocycles. The summed E-state index contributed by atoms with van der Waals surface area (Å²) in [5.41, 5.74) is 1.85. The van der Waals surface area contributed by atoms with Gasteiger partial charge in [0.2, 0.25) is 0 Å². The lowest BCUT2D eigenvalue weighted by Crippen LogP contribution is -2.41. The minimum atomic E-state index is -3.82. The predicted molar refractivity (Wildman–Crippen MR) is 136 cm³/mol. The van der Waals surface area contributed by atoms with Gasteiger partial charge in [0.25, 0.3) is 15.9 Å². The second kappa shape index (κ2) is 10.8. The van der Waals surface area contributed by atoms with Crippen LogP contribution in [0.4, 0.5) is 5.69 Å². The Morgan fingerprint density at radius 2 is 1.66 bits per heavy atom. The summed E-state index contributed by atoms with van der Waals surface area (Å²) in [4.78, 5) is 14.9. The third-order valence-corrected chi connectivity index (χ3v) is 7.25. The molecule has 0 spiro atoms. The molecule has 3 aromatic carbocycles. The number of nitrogens with zero attached hydrogens (tertiary/aromatic N) is 1. The lowest BCUT2D eigenvalue weighted by atomic mass is 10.1. The highest BCUT2D eigenvalue weighted by molar-refractivity contribution is 7.92. The Labute approximate surface area is 206 Å². The zero-order chi connectivity index (χ0) is 24.8. The van der Waals surface area contributed by atoms with Crippen molar-refractivity contribution < 1.29 is 22.7 Å². The van der Waals surface area contributed by atoms with Gasteiger partial charge in [-0.2, -0.15) is 0 Å². The largest absolute Gasteiger partial charge is 0.490 e. The molecule has 0 atom stereocenters. The van der Waals surface area contributed by atoms with E-state index in [2.05, 4.69) is 4.72 Å². The van der Waals surface area contributed by atoms with E-state index in [4.69, 9.17) is 9.47 Å². The van der Waals surface area contributed by atoms with Gasteiger partial charge in [-0.05, 0) is 56.3 Å². The second-order valence-electron chi connectivity index (χ2n) is 8.49. The third kappa shape index (κ3) is 6.14. The molecule has 1 aliphatic rings. The normalized spacial score (nSPS) is 14.4. The van der Waals surface area contributed by atoms with Crippen LogP contribution >= 0.6 is 0 Å². The van der Waals surface area contributed by atoms with Gasteiger partial charge in [-0.25, -0.2) is 8.42 Å². The standard InChI is InChI=1S/C27H30N2O5S/c1-3-33-25-9-4-5-10-26(25)34-23-15-17-29(18-16-23)27(30)21-7-6-8-24(19-21)35(31,32)28-22-13-11-20(2)12-14-22/h4-14,19,23,28H,3,15-18H2,1-2H3. The van der Waals surface area contributed by atoms with E-state index >= 15 is 0 Å². The fourth-order valence-electron chi connectivity index (χ4n) is 3.99. The van der Waals surface area contributed by atoms with Gasteiger partial charge in [0.05, 0.1) is 11.5 Å². The molecule has 7 nitrogen and oxygen atoms in total. The highest BCUT2D eigenvalue weighted by atomic mass is 32.2. The number of hydrogen-bond donors (Lipinski definition) is 1. The fraction of sp³-hybridized carbons (Fsp3) is 0.296. The van der Waals surface area contributed by atoms with E-state index in [1.807, 2.05) is 50.2 Å². The molecule has 8 heteroatoms. The molecule has 0 aromatic heterocycles. The van der Waals surface area contributed by atoms with Gasteiger partial charge in [-0.15, -0.1) is 0 Å². The Bertz CT molecular complexity index is 1270. The number of sulfonamides is 1. The first-order chi connectivity index (χ1) is 16.9. The summed E-state index contributed by atoms with van der Waals surface area (Å²) in [6.45, 7) is 5.47. The molecule has 1 N–H and O–H groups in total. The van der Waals surface area contributed by atoms with Crippen LogP contribution in [-0.4, -0.2) is 45.0 Å². The number of anilines is 1. The minimum absolute atomic E-state index is 0.0222. The van der Waals surface area contributed by atoms with Crippen molar-refractivity contribution in [2.75, 3.05) is 24.4 Å². The average Bonchev–Trinajstić information content (AvgIpc) is 2.87. The van der Waals surface area contributed by atoms with Crippen LogP contribution < -0.4 is 14.2 Å². The van der Waals surface area contributed by atoms with Crippen LogP contribution in [0.1, 0.15) is 35.7 Å². The van der Waals surface area contributed by atoms with Crippen molar-refractivity contribution in [3.63, 3.8) is 0 Å². The minimum Gasteiger partial charge on any atom is -0.490 e. The zero-order valence-corrected chi connectivity index (χ0v) is 20.8. The van der Waals surface area contributed by atoms with E-state index in [1.165, 1.54) is 12.1 Å². The second-order valence-corrected chi connectivity index (χ2v) is 10.2. The number of carbonyl (C=O) groups excluding carboxylic acids is 1. The number of hydrogen-bond acceptors (Lipinski definition) is 5. The maximum atomic E-state index is 13.1. The van der Waals surface area contributed by atoms with Gasteiger partial charge in [-0.1, -0.05) is 35.9 Å². The highest BCUT2D eigenvalue weighted by Crippen LogP contribution is 2.29. The van der Waals surface area contributed by atoms with Crippen LogP contribution in [0.15, 0.2) is 77.7 Å². The maximum absolute atomic E-state index is 13.1. The van der Waals surface area contributed by atoms with Gasteiger partial charge in [0.15, 0.2) is 11.5 Å². The van der Waals surface area contributed by atoms with Gasteiger partial charge in [0, 0.05) is 37.2 Å². The lowest BCUT2D eigenvalue weighted by molar-refractivity contribution is 0.0589. The summed E-state index contributed by atoms with van der Waals surface area (Å²) in [7, 11) is -3.82. The lowest BCUT2D eigenvalue weighted by Gasteiger charge is -2.32. The maximum Gasteiger partial charge on any atom is 0.261 e. The van der Waals surface area contributed by atoms with Crippen molar-refractivity contribution in [1.82, 2.24) is 4.90 Å². The van der Waals surface area contributed by atoms with Crippen molar-refractivity contribution in [2.45, 2.75) is 37.7 Å². The summed E-state index contributed by atoms with van der Waals surface area (Å²) < 4.78 is 40.1. The summed E-state index contributed by atoms with van der Waals surface area (Å²) in [5, 5.41) is 0. The van der Waals surface area contributed by atoms with Crippen LogP contribution in [-0.2, 0) is 10.0 Å². The number of nitrogens with one attached hydrogen (secondary N) is 1. The van der Waals surface area contributed by atoms with Crippen LogP contribution in [0, 0.1) is 6.92 Å². The Kier molecular flexibility index (Phi) is 7.60. The summed E-state index contributed by atoms with van der Waals surface area (Å²) in [6, 6.07) is 20.8. The first-order valence-corrected chi connectivity index (χ1v) is 13.2. The molecule has 4 rings (SSSR count). The molecule has 1 saturated heterocycles. The molecule has 0 saturated carbocycles. The van der Waals surface area contributed by atoms with E-state index in [0.717, 1.165) is 5.56 Å². The molecule has 0 unspecified atom stereocenters. The molecular weight excluding hydrogens is 464 g/mol. The molecule has 1 fully saturated rings. The number of ether oxygens (including phenoxy) is 2. The molecule has 35 heavy (non-hydrogen) atoms. The average molecular weight is 495 g/mol. The zero-order valence-electron chi connectivity index (χ0n) is 19.9. The van der Waals surface area contributed by atoms with E-state index in [9.17, 15) is 13.2 Å².